The van der Waals surface area contributed by atoms with Crippen molar-refractivity contribution in [2.45, 2.75) is 11.6 Å². The van der Waals surface area contributed by atoms with Crippen LogP contribution in [0.2, 0.25) is 0 Å². The summed E-state index contributed by atoms with van der Waals surface area (Å²) >= 11 is 4.91. The molecule has 1 fully saturated rings. The smallest absolute Gasteiger partial charge is 0.308 e. The number of benzene rings is 2. The van der Waals surface area contributed by atoms with Crippen molar-refractivity contribution < 1.29 is 18.0 Å². The third kappa shape index (κ3) is 4.12. The average Bonchev–Trinajstić information content (AvgIpc) is 3.06. The van der Waals surface area contributed by atoms with Gasteiger partial charge >= 0.3 is 12.2 Å². The summed E-state index contributed by atoms with van der Waals surface area (Å²) in [4.78, 5) is 14.2. The van der Waals surface area contributed by atoms with E-state index in [1.54, 1.807) is 11.0 Å². The van der Waals surface area contributed by atoms with E-state index >= 15 is 0 Å². The van der Waals surface area contributed by atoms with Crippen molar-refractivity contribution >= 4 is 39.4 Å². The van der Waals surface area contributed by atoms with Crippen molar-refractivity contribution in [2.24, 2.45) is 0 Å². The van der Waals surface area contributed by atoms with Crippen molar-refractivity contribution in [3.05, 3.63) is 64.1 Å². The zero-order valence-electron chi connectivity index (χ0n) is 12.9. The topological polar surface area (TPSA) is 32.3 Å². The fourth-order valence-electron chi connectivity index (χ4n) is 2.54. The van der Waals surface area contributed by atoms with Crippen LogP contribution < -0.4 is 5.32 Å². The number of nitrogens with zero attached hydrogens (tertiary/aromatic N) is 1. The number of hydrogen-bond acceptors (Lipinski definition) is 2. The Kier molecular flexibility index (Phi) is 5.29. The molecule has 2 aromatic carbocycles. The van der Waals surface area contributed by atoms with Gasteiger partial charge in [0.25, 0.3) is 0 Å². The van der Waals surface area contributed by atoms with Gasteiger partial charge in [-0.1, -0.05) is 24.3 Å². The van der Waals surface area contributed by atoms with Crippen LogP contribution >= 0.6 is 27.7 Å². The first-order chi connectivity index (χ1) is 11.9. The monoisotopic (exact) mass is 430 g/mol. The second-order valence-electron chi connectivity index (χ2n) is 5.45. The van der Waals surface area contributed by atoms with E-state index in [1.165, 1.54) is 23.9 Å². The molecule has 3 rings (SSSR count). The molecular weight excluding hydrogens is 417 g/mol. The maximum absolute atomic E-state index is 12.7. The van der Waals surface area contributed by atoms with Crippen molar-refractivity contribution in [1.29, 1.82) is 0 Å². The van der Waals surface area contributed by atoms with Crippen LogP contribution in [0, 0.1) is 0 Å². The molecule has 0 saturated carbocycles. The minimum atomic E-state index is -4.36. The van der Waals surface area contributed by atoms with E-state index in [2.05, 4.69) is 21.2 Å². The van der Waals surface area contributed by atoms with Gasteiger partial charge in [-0.25, -0.2) is 4.79 Å². The number of anilines is 1. The van der Waals surface area contributed by atoms with Crippen LogP contribution in [0.15, 0.2) is 53.0 Å². The van der Waals surface area contributed by atoms with Gasteiger partial charge in [0.1, 0.15) is 5.37 Å². The maximum Gasteiger partial charge on any atom is 0.416 e. The predicted molar refractivity (Wildman–Crippen MR) is 96.5 cm³/mol. The second kappa shape index (κ2) is 7.29. The van der Waals surface area contributed by atoms with Gasteiger partial charge in [-0.2, -0.15) is 13.2 Å². The number of carbonyl (C=O) groups excluding carboxylic acids is 1. The van der Waals surface area contributed by atoms with Gasteiger partial charge in [-0.3, -0.25) is 0 Å². The van der Waals surface area contributed by atoms with Gasteiger partial charge in [0, 0.05) is 16.8 Å². The highest BCUT2D eigenvalue weighted by Gasteiger charge is 2.33. The SMILES string of the molecule is O=C(Nc1ccccc1Br)N1CCSC1c1ccc(C(F)(F)F)cc1. The average molecular weight is 431 g/mol. The molecule has 2 aromatic rings. The highest BCUT2D eigenvalue weighted by Crippen LogP contribution is 2.39. The number of thioether (sulfide) groups is 1. The van der Waals surface area contributed by atoms with E-state index in [1.807, 2.05) is 18.2 Å². The molecule has 0 spiro atoms. The second-order valence-corrected chi connectivity index (χ2v) is 7.49. The molecule has 0 aromatic heterocycles. The molecule has 3 nitrogen and oxygen atoms in total. The van der Waals surface area contributed by atoms with Crippen molar-refractivity contribution in [1.82, 2.24) is 4.90 Å². The van der Waals surface area contributed by atoms with Crippen LogP contribution in [-0.2, 0) is 6.18 Å². The molecule has 8 heteroatoms. The Morgan fingerprint density at radius 1 is 1.16 bits per heavy atom. The molecule has 1 atom stereocenters. The molecule has 2 amide bonds. The third-order valence-electron chi connectivity index (χ3n) is 3.79. The Balaban J connectivity index is 1.76. The molecule has 1 aliphatic rings. The molecule has 1 heterocycles. The van der Waals surface area contributed by atoms with Crippen LogP contribution in [-0.4, -0.2) is 23.2 Å². The Morgan fingerprint density at radius 2 is 1.84 bits per heavy atom. The molecule has 1 saturated heterocycles. The number of halogens is 4. The Morgan fingerprint density at radius 3 is 2.48 bits per heavy atom. The van der Waals surface area contributed by atoms with Gasteiger partial charge in [0.2, 0.25) is 0 Å². The first kappa shape index (κ1) is 18.1. The predicted octanol–water partition coefficient (Wildman–Crippen LogP) is 5.75. The molecule has 0 aliphatic carbocycles. The highest BCUT2D eigenvalue weighted by molar-refractivity contribution is 9.10. The number of carbonyl (C=O) groups is 1. The molecule has 1 aliphatic heterocycles. The lowest BCUT2D eigenvalue weighted by Gasteiger charge is -2.25. The molecular formula is C17H14BrF3N2OS. The maximum atomic E-state index is 12.7. The van der Waals surface area contributed by atoms with E-state index in [4.69, 9.17) is 0 Å². The van der Waals surface area contributed by atoms with Crippen LogP contribution in [0.25, 0.3) is 0 Å². The summed E-state index contributed by atoms with van der Waals surface area (Å²) in [5.74, 6) is 0.731. The first-order valence-electron chi connectivity index (χ1n) is 7.47. The fraction of sp³-hybridized carbons (Fsp3) is 0.235. The quantitative estimate of drug-likeness (QED) is 0.657. The summed E-state index contributed by atoms with van der Waals surface area (Å²) in [6.07, 6.45) is -4.36. The zero-order chi connectivity index (χ0) is 18.0. The number of rotatable bonds is 2. The lowest BCUT2D eigenvalue weighted by Crippen LogP contribution is -2.34. The number of nitrogens with one attached hydrogen (secondary N) is 1. The largest absolute Gasteiger partial charge is 0.416 e. The van der Waals surface area contributed by atoms with E-state index in [0.717, 1.165) is 22.4 Å². The number of amides is 2. The highest BCUT2D eigenvalue weighted by atomic mass is 79.9. The molecule has 0 bridgehead atoms. The van der Waals surface area contributed by atoms with Gasteiger partial charge in [0.05, 0.1) is 11.3 Å². The Labute approximate surface area is 155 Å². The van der Waals surface area contributed by atoms with Crippen molar-refractivity contribution in [3.63, 3.8) is 0 Å². The first-order valence-corrected chi connectivity index (χ1v) is 9.31. The normalized spacial score (nSPS) is 17.6. The summed E-state index contributed by atoms with van der Waals surface area (Å²) in [7, 11) is 0. The van der Waals surface area contributed by atoms with Crippen LogP contribution in [0.3, 0.4) is 0 Å². The zero-order valence-corrected chi connectivity index (χ0v) is 15.3. The fourth-order valence-corrected chi connectivity index (χ4v) is 4.18. The van der Waals surface area contributed by atoms with Gasteiger partial charge in [-0.15, -0.1) is 11.8 Å². The number of urea groups is 1. The van der Waals surface area contributed by atoms with E-state index < -0.39 is 11.7 Å². The van der Waals surface area contributed by atoms with Gasteiger partial charge < -0.3 is 10.2 Å². The molecule has 1 unspecified atom stereocenters. The minimum Gasteiger partial charge on any atom is -0.308 e. The number of alkyl halides is 3. The standard InChI is InChI=1S/C17H14BrF3N2OS/c18-13-3-1-2-4-14(13)22-16(24)23-9-10-25-15(23)11-5-7-12(8-6-11)17(19,20)21/h1-8,15H,9-10H2,(H,22,24). The summed E-state index contributed by atoms with van der Waals surface area (Å²) < 4.78 is 38.9. The van der Waals surface area contributed by atoms with Crippen LogP contribution in [0.1, 0.15) is 16.5 Å². The van der Waals surface area contributed by atoms with Gasteiger partial charge in [0.15, 0.2) is 0 Å². The van der Waals surface area contributed by atoms with Gasteiger partial charge in [-0.05, 0) is 45.8 Å². The summed E-state index contributed by atoms with van der Waals surface area (Å²) in [6, 6.07) is 12.0. The van der Waals surface area contributed by atoms with Crippen LogP contribution in [0.4, 0.5) is 23.7 Å². The molecule has 1 N–H and O–H groups in total. The minimum absolute atomic E-state index is 0.276. The number of hydrogen-bond donors (Lipinski definition) is 1. The summed E-state index contributed by atoms with van der Waals surface area (Å²) in [5, 5.41) is 2.53. The molecule has 132 valence electrons. The van der Waals surface area contributed by atoms with E-state index in [-0.39, 0.29) is 11.4 Å². The van der Waals surface area contributed by atoms with E-state index in [0.29, 0.717) is 17.8 Å². The third-order valence-corrected chi connectivity index (χ3v) is 5.74. The number of para-hydroxylation sites is 1. The van der Waals surface area contributed by atoms with E-state index in [9.17, 15) is 18.0 Å². The summed E-state index contributed by atoms with van der Waals surface area (Å²) in [6.45, 7) is 0.534. The Hall–Kier alpha value is -1.67. The lowest BCUT2D eigenvalue weighted by molar-refractivity contribution is -0.137. The van der Waals surface area contributed by atoms with Crippen molar-refractivity contribution in [2.75, 3.05) is 17.6 Å². The van der Waals surface area contributed by atoms with Crippen molar-refractivity contribution in [3.8, 4) is 0 Å². The summed E-state index contributed by atoms with van der Waals surface area (Å²) in [5.41, 5.74) is 0.636. The molecule has 25 heavy (non-hydrogen) atoms. The van der Waals surface area contributed by atoms with Crippen LogP contribution in [0.5, 0.6) is 0 Å². The molecule has 0 radical (unpaired) electrons. The lowest BCUT2D eigenvalue weighted by atomic mass is 10.1. The Bertz CT molecular complexity index is 767.